The highest BCUT2D eigenvalue weighted by Gasteiger charge is 2.43. The molecule has 0 radical (unpaired) electrons. The molecule has 0 fully saturated rings. The van der Waals surface area contributed by atoms with Crippen LogP contribution in [0.15, 0.2) is 211 Å². The van der Waals surface area contributed by atoms with Crippen LogP contribution in [0.2, 0.25) is 0 Å². The van der Waals surface area contributed by atoms with E-state index in [1.807, 2.05) is 0 Å². The van der Waals surface area contributed by atoms with E-state index in [1.165, 1.54) is 66.1 Å². The molecule has 1 N–H and O–H groups in total. The van der Waals surface area contributed by atoms with Gasteiger partial charge in [0.15, 0.2) is 0 Å². The number of rotatable bonds is 11. The topological polar surface area (TPSA) is 46.8 Å². The van der Waals surface area contributed by atoms with E-state index in [-0.39, 0.29) is 33.9 Å². The highest BCUT2D eigenvalue weighted by atomic mass is 16.5. The molecule has 2 aliphatic carbocycles. The molecule has 0 aliphatic heterocycles. The Kier molecular flexibility index (Phi) is 5.36. The van der Waals surface area contributed by atoms with Crippen LogP contribution in [0.5, 0.6) is 11.5 Å². The lowest BCUT2D eigenvalue weighted by atomic mass is 9.81. The van der Waals surface area contributed by atoms with Crippen LogP contribution in [-0.2, 0) is 21.7 Å². The van der Waals surface area contributed by atoms with Crippen molar-refractivity contribution in [1.29, 1.82) is 5.41 Å². The van der Waals surface area contributed by atoms with E-state index < -0.39 is 271 Å². The molecule has 400 valence electrons. The summed E-state index contributed by atoms with van der Waals surface area (Å²) in [6.45, 7) is -34.3. The number of para-hydroxylation sites is 3. The van der Waals surface area contributed by atoms with Gasteiger partial charge in [0.25, 0.3) is 6.33 Å². The number of nitrogens with zero attached hydrogens (tertiary/aromatic N) is 3. The van der Waals surface area contributed by atoms with Gasteiger partial charge in [0, 0.05) is 71.3 Å². The van der Waals surface area contributed by atoms with Gasteiger partial charge in [0.05, 0.1) is 55.4 Å². The molecule has 0 unspecified atom stereocenters. The fourth-order valence-electron chi connectivity index (χ4n) is 11.0. The average Bonchev–Trinajstić information content (AvgIpc) is 1.49. The van der Waals surface area contributed by atoms with Gasteiger partial charge in [0.1, 0.15) is 11.5 Å². The summed E-state index contributed by atoms with van der Waals surface area (Å²) in [7, 11) is 0. The van der Waals surface area contributed by atoms with Crippen molar-refractivity contribution < 1.29 is 68.2 Å². The van der Waals surface area contributed by atoms with Crippen LogP contribution < -0.4 is 9.30 Å². The predicted molar refractivity (Wildman–Crippen MR) is 339 cm³/mol. The maximum Gasteiger partial charge on any atom is 0.269 e. The normalized spacial score (nSPS) is 25.2. The Labute approximate surface area is 538 Å². The van der Waals surface area contributed by atoms with E-state index in [0.29, 0.717) is 28.0 Å². The lowest BCUT2D eigenvalue weighted by Crippen LogP contribution is -2.31. The number of imidazole rings is 1. The van der Waals surface area contributed by atoms with Gasteiger partial charge in [-0.05, 0) is 170 Å². The minimum atomic E-state index is -4.14. The molecular weight excluding hydrogens is 985 g/mol. The molecule has 0 bridgehead atoms. The summed E-state index contributed by atoms with van der Waals surface area (Å²) >= 11 is 0. The molecule has 2 heterocycles. The highest BCUT2D eigenvalue weighted by molar-refractivity contribution is 6.12. The van der Waals surface area contributed by atoms with Gasteiger partial charge in [-0.15, -0.1) is 0 Å². The lowest BCUT2D eigenvalue weighted by Gasteiger charge is -2.24. The van der Waals surface area contributed by atoms with Crippen molar-refractivity contribution in [2.75, 3.05) is 0 Å². The third-order valence-corrected chi connectivity index (χ3v) is 14.5. The van der Waals surface area contributed by atoms with Gasteiger partial charge in [-0.25, -0.2) is 0 Å². The number of aromatic nitrogens is 3. The molecule has 0 amide bonds. The second-order valence-corrected chi connectivity index (χ2v) is 20.0. The van der Waals surface area contributed by atoms with Crippen LogP contribution in [0.25, 0.3) is 88.9 Å². The number of ether oxygens (including phenoxy) is 1. The van der Waals surface area contributed by atoms with Crippen LogP contribution in [0, 0.1) is 11.7 Å². The van der Waals surface area contributed by atoms with Crippen molar-refractivity contribution in [2.24, 2.45) is 0 Å². The van der Waals surface area contributed by atoms with E-state index in [0.717, 1.165) is 16.7 Å². The van der Waals surface area contributed by atoms with E-state index in [2.05, 4.69) is 6.33 Å². The molecule has 81 heavy (non-hydrogen) atoms. The molecule has 5 heteroatoms. The molecule has 11 aromatic rings. The zero-order valence-corrected chi connectivity index (χ0v) is 42.6. The fraction of sp³-hybridized carbons (Fsp3) is 0.211. The summed E-state index contributed by atoms with van der Waals surface area (Å²) < 4.78 is 403. The average molecular weight is 1100 g/mol. The van der Waals surface area contributed by atoms with Crippen molar-refractivity contribution in [1.82, 2.24) is 9.13 Å². The maximum atomic E-state index is 10.6. The van der Waals surface area contributed by atoms with Crippen molar-refractivity contribution in [3.63, 3.8) is 0 Å². The Bertz CT molecular complexity index is 6170. The molecular formula is C76H70N4O. The molecule has 2 aromatic heterocycles. The Balaban J connectivity index is 1.17. The largest absolute Gasteiger partial charge is 0.458 e. The number of hydrogen-bond acceptors (Lipinski definition) is 2. The summed E-state index contributed by atoms with van der Waals surface area (Å²) in [5, 5.41) is 9.65. The number of fused-ring (bicyclic) bond motifs is 6. The van der Waals surface area contributed by atoms with Gasteiger partial charge in [-0.1, -0.05) is 200 Å². The van der Waals surface area contributed by atoms with E-state index >= 15 is 0 Å². The van der Waals surface area contributed by atoms with Crippen LogP contribution >= 0.6 is 0 Å². The number of nitrogens with one attached hydrogen (secondary N) is 1. The van der Waals surface area contributed by atoms with Crippen molar-refractivity contribution >= 4 is 50.3 Å². The van der Waals surface area contributed by atoms with Crippen LogP contribution in [0.4, 0.5) is 0 Å². The number of allylic oxidation sites excluding steroid dienone is 4. The van der Waals surface area contributed by atoms with Crippen LogP contribution in [-0.4, -0.2) is 15.3 Å². The Morgan fingerprint density at radius 1 is 0.580 bits per heavy atom. The number of hydrogen-bond donors (Lipinski definition) is 1. The second-order valence-electron chi connectivity index (χ2n) is 20.0. The first-order valence-electron chi connectivity index (χ1n) is 46.6. The predicted octanol–water partition coefficient (Wildman–Crippen LogP) is 19.5. The molecule has 0 saturated heterocycles. The lowest BCUT2D eigenvalue weighted by molar-refractivity contribution is -0.571. The van der Waals surface area contributed by atoms with E-state index in [1.54, 1.807) is 47.0 Å². The van der Waals surface area contributed by atoms with Crippen molar-refractivity contribution in [3.8, 4) is 56.3 Å². The Morgan fingerprint density at radius 2 is 1.17 bits per heavy atom. The molecule has 9 aromatic carbocycles. The van der Waals surface area contributed by atoms with Gasteiger partial charge in [-0.2, -0.15) is 0 Å². The molecule has 2 aliphatic rings. The quantitative estimate of drug-likeness (QED) is 0.0597. The monoisotopic (exact) mass is 1100 g/mol. The van der Waals surface area contributed by atoms with Crippen molar-refractivity contribution in [3.05, 3.63) is 246 Å². The standard InChI is InChI=1S/C76H70N4O/c1-49(63(45-77)52-24-15-12-16-25-52)38-50(2)80-68-29-18-17-28-59(68)60-35-34-58(44-71(60)80)81-57-27-21-26-56(43-57)78-48-79(70-31-20-19-30-69(70)78)72-61(53-32-36-64-66(41-53)75(7,8)46-73(64,3)4)39-55(51-22-13-11-14-23-51)40-62(72)54-33-37-65-67(42-54)76(9,10)47-74(65,5)6/h11-45,77H,46-47H2,1-10H3/b50-38+,63-49+,77-45?/i1D3,3D3,4D3,5D3,6D3,7D3,8D3,9D3,10D3,11D,12D,13D,14D,15D,16D,22D,23D,24D,25D,32D,33D,36D,37D,41D,42D. The van der Waals surface area contributed by atoms with Gasteiger partial charge < -0.3 is 14.7 Å². The highest BCUT2D eigenvalue weighted by Crippen LogP contribution is 2.53. The molecule has 5 nitrogen and oxygen atoms in total. The molecule has 13 rings (SSSR count). The summed E-state index contributed by atoms with van der Waals surface area (Å²) in [4.78, 5) is 0. The summed E-state index contributed by atoms with van der Waals surface area (Å²) in [6.07, 6.45) is 1.05. The third kappa shape index (κ3) is 8.86. The Morgan fingerprint density at radius 3 is 1.81 bits per heavy atom. The first-order chi connectivity index (χ1) is 56.8. The van der Waals surface area contributed by atoms with Crippen molar-refractivity contribution in [2.45, 2.75) is 103 Å². The zero-order valence-electron chi connectivity index (χ0n) is 85.6. The summed E-state index contributed by atoms with van der Waals surface area (Å²) in [5.41, 5.74) is -28.5. The SMILES string of the molecule is [2H]c1c([2H])c([2H])c(/C(C=N)=C(/C=C(\C)n2c3ccccc3c3ccc(Oc4cccc(-n5[c-][n+](-c6c(-c7c([2H])c([2H])c8c(c7[2H])C(C([2H])([2H])[2H])(C([2H])([2H])[2H])CC8(C([2H])([2H])[2H])C([2H])([2H])[2H])cc(-c7c([2H])c([2H])c([2H])c([2H])c7[2H])cc6-c6c([2H])c([2H])c7c(c6[2H])C(C([2H])([2H])[2H])(C([2H])([2H])[2H])CC7(C([2H])([2H])[2H])C([2H])([2H])[2H])c6ccccc65)c4)cc32)C([2H])([2H])[2H])c([2H])c1[2H]. The first-order valence-corrected chi connectivity index (χ1v) is 25.1. The van der Waals surface area contributed by atoms with Gasteiger partial charge in [0.2, 0.25) is 0 Å². The Hall–Kier alpha value is -8.80. The van der Waals surface area contributed by atoms with Gasteiger partial charge >= 0.3 is 0 Å². The molecule has 0 atom stereocenters. The third-order valence-electron chi connectivity index (χ3n) is 14.5. The van der Waals surface area contributed by atoms with E-state index in [4.69, 9.17) is 58.1 Å². The molecule has 0 spiro atoms. The maximum absolute atomic E-state index is 10.6. The minimum Gasteiger partial charge on any atom is -0.458 e. The number of benzene rings is 9. The zero-order chi connectivity index (χ0) is 92.6. The first kappa shape index (κ1) is 22.6. The second kappa shape index (κ2) is 19.2. The summed E-state index contributed by atoms with van der Waals surface area (Å²) in [6, 6.07) is 6.64. The smallest absolute Gasteiger partial charge is 0.269 e. The van der Waals surface area contributed by atoms with Crippen LogP contribution in [0.1, 0.15) is 168 Å². The van der Waals surface area contributed by atoms with Crippen LogP contribution in [0.3, 0.4) is 0 Å². The summed E-state index contributed by atoms with van der Waals surface area (Å²) in [5.74, 6) is 0.0907. The van der Waals surface area contributed by atoms with E-state index in [9.17, 15) is 11.0 Å². The molecule has 0 saturated carbocycles. The van der Waals surface area contributed by atoms with Gasteiger partial charge in [-0.3, -0.25) is 9.13 Å². The minimum absolute atomic E-state index is 0.00252. The fourth-order valence-corrected chi connectivity index (χ4v) is 11.0.